The van der Waals surface area contributed by atoms with E-state index in [-0.39, 0.29) is 17.7 Å². The van der Waals surface area contributed by atoms with Crippen LogP contribution in [0.1, 0.15) is 36.0 Å². The van der Waals surface area contributed by atoms with Crippen LogP contribution >= 0.6 is 0 Å². The fraction of sp³-hybridized carbons (Fsp3) is 0.423. The van der Waals surface area contributed by atoms with Crippen molar-refractivity contribution in [2.45, 2.75) is 37.5 Å². The van der Waals surface area contributed by atoms with Gasteiger partial charge >= 0.3 is 0 Å². The SMILES string of the molecule is O=C(c1ccc(-c2ccc3c(NC(O)C4CC4)noc3c2)cc1)N1CCN(C(=O)C2(O)CC2)CC1. The second-order valence-electron chi connectivity index (χ2n) is 9.86. The highest BCUT2D eigenvalue weighted by atomic mass is 16.5. The highest BCUT2D eigenvalue weighted by Crippen LogP contribution is 2.37. The zero-order valence-electron chi connectivity index (χ0n) is 19.3. The quantitative estimate of drug-likeness (QED) is 0.468. The molecule has 1 saturated heterocycles. The van der Waals surface area contributed by atoms with E-state index in [4.69, 9.17) is 4.52 Å². The fourth-order valence-electron chi connectivity index (χ4n) is 4.62. The van der Waals surface area contributed by atoms with Crippen LogP contribution < -0.4 is 5.32 Å². The molecular weight excluding hydrogens is 448 g/mol. The summed E-state index contributed by atoms with van der Waals surface area (Å²) in [5, 5.41) is 28.1. The third-order valence-electron chi connectivity index (χ3n) is 7.27. The predicted molar refractivity (Wildman–Crippen MR) is 128 cm³/mol. The van der Waals surface area contributed by atoms with Crippen molar-refractivity contribution in [1.82, 2.24) is 15.0 Å². The first-order valence-corrected chi connectivity index (χ1v) is 12.2. The van der Waals surface area contributed by atoms with Gasteiger partial charge in [-0.2, -0.15) is 0 Å². The van der Waals surface area contributed by atoms with E-state index in [2.05, 4.69) is 10.5 Å². The number of hydrogen-bond acceptors (Lipinski definition) is 7. The van der Waals surface area contributed by atoms with Crippen molar-refractivity contribution < 1.29 is 24.3 Å². The summed E-state index contributed by atoms with van der Waals surface area (Å²) in [6.45, 7) is 1.79. The molecule has 1 atom stereocenters. The largest absolute Gasteiger partial charge is 0.380 e. The van der Waals surface area contributed by atoms with Crippen LogP contribution in [-0.4, -0.2) is 75.0 Å². The lowest BCUT2D eigenvalue weighted by Gasteiger charge is -2.35. The summed E-state index contributed by atoms with van der Waals surface area (Å²) in [6, 6.07) is 13.2. The van der Waals surface area contributed by atoms with Gasteiger partial charge in [0, 0.05) is 37.7 Å². The summed E-state index contributed by atoms with van der Waals surface area (Å²) in [4.78, 5) is 28.7. The maximum atomic E-state index is 13.0. The zero-order valence-corrected chi connectivity index (χ0v) is 19.3. The molecule has 2 aromatic carbocycles. The normalized spacial score (nSPS) is 20.1. The third kappa shape index (κ3) is 4.26. The standard InChI is InChI=1S/C26H28N4O5/c31-23(17-3-4-17)27-22-20-8-7-19(15-21(20)35-28-22)16-1-5-18(6-2-16)24(32)29-11-13-30(14-12-29)25(33)26(34)9-10-26/h1-2,5-8,15,17,23,31,34H,3-4,9-14H2,(H,27,28). The van der Waals surface area contributed by atoms with Crippen LogP contribution in [0, 0.1) is 5.92 Å². The second-order valence-corrected chi connectivity index (χ2v) is 9.86. The highest BCUT2D eigenvalue weighted by Gasteiger charge is 2.50. The third-order valence-corrected chi connectivity index (χ3v) is 7.27. The van der Waals surface area contributed by atoms with Crippen molar-refractivity contribution in [3.63, 3.8) is 0 Å². The first-order valence-electron chi connectivity index (χ1n) is 12.2. The number of aliphatic hydroxyl groups is 2. The molecule has 1 aliphatic heterocycles. The molecule has 0 spiro atoms. The molecule has 3 aliphatic rings. The van der Waals surface area contributed by atoms with E-state index in [1.54, 1.807) is 9.80 Å². The monoisotopic (exact) mass is 476 g/mol. The van der Waals surface area contributed by atoms with Crippen LogP contribution in [0.15, 0.2) is 47.0 Å². The number of rotatable bonds is 6. The Morgan fingerprint density at radius 1 is 1.00 bits per heavy atom. The lowest BCUT2D eigenvalue weighted by molar-refractivity contribution is -0.143. The van der Waals surface area contributed by atoms with Gasteiger partial charge in [0.05, 0.1) is 5.39 Å². The van der Waals surface area contributed by atoms with E-state index in [0.29, 0.717) is 56.0 Å². The Kier molecular flexibility index (Phi) is 5.26. The average Bonchev–Trinajstić information content (AvgIpc) is 3.83. The molecule has 3 fully saturated rings. The molecule has 2 saturated carbocycles. The van der Waals surface area contributed by atoms with Crippen molar-refractivity contribution in [2.24, 2.45) is 5.92 Å². The lowest BCUT2D eigenvalue weighted by atomic mass is 10.0. The summed E-state index contributed by atoms with van der Waals surface area (Å²) in [6.07, 6.45) is 2.49. The van der Waals surface area contributed by atoms with Gasteiger partial charge in [-0.3, -0.25) is 9.59 Å². The van der Waals surface area contributed by atoms with E-state index in [1.807, 2.05) is 42.5 Å². The number of hydrogen-bond donors (Lipinski definition) is 3. The number of carbonyl (C=O) groups excluding carboxylic acids is 2. The number of piperazine rings is 1. The molecular formula is C26H28N4O5. The van der Waals surface area contributed by atoms with Crippen molar-refractivity contribution in [1.29, 1.82) is 0 Å². The van der Waals surface area contributed by atoms with Gasteiger partial charge < -0.3 is 29.9 Å². The minimum absolute atomic E-state index is 0.0654. The number of aromatic nitrogens is 1. The zero-order chi connectivity index (χ0) is 24.2. The average molecular weight is 477 g/mol. The van der Waals surface area contributed by atoms with Crippen LogP contribution in [0.25, 0.3) is 22.1 Å². The summed E-state index contributed by atoms with van der Waals surface area (Å²) < 4.78 is 5.48. The van der Waals surface area contributed by atoms with Gasteiger partial charge in [-0.05, 0) is 61.1 Å². The van der Waals surface area contributed by atoms with Crippen molar-refractivity contribution in [2.75, 3.05) is 31.5 Å². The second kappa shape index (κ2) is 8.35. The van der Waals surface area contributed by atoms with E-state index in [0.717, 1.165) is 29.4 Å². The van der Waals surface area contributed by atoms with Crippen LogP contribution in [-0.2, 0) is 4.79 Å². The Labute approximate surface area is 202 Å². The molecule has 9 nitrogen and oxygen atoms in total. The molecule has 2 aliphatic carbocycles. The summed E-state index contributed by atoms with van der Waals surface area (Å²) in [7, 11) is 0. The maximum Gasteiger partial charge on any atom is 0.254 e. The Bertz CT molecular complexity index is 1270. The van der Waals surface area contributed by atoms with Gasteiger partial charge in [0.1, 0.15) is 11.8 Å². The summed E-state index contributed by atoms with van der Waals surface area (Å²) >= 11 is 0. The Balaban J connectivity index is 1.11. The molecule has 2 heterocycles. The van der Waals surface area contributed by atoms with Crippen molar-refractivity contribution in [3.05, 3.63) is 48.0 Å². The van der Waals surface area contributed by atoms with Crippen LogP contribution in [0.4, 0.5) is 5.82 Å². The maximum absolute atomic E-state index is 13.0. The van der Waals surface area contributed by atoms with E-state index in [9.17, 15) is 19.8 Å². The van der Waals surface area contributed by atoms with Gasteiger partial charge in [-0.25, -0.2) is 0 Å². The number of fused-ring (bicyclic) bond motifs is 1. The van der Waals surface area contributed by atoms with Gasteiger partial charge in [0.2, 0.25) is 0 Å². The minimum Gasteiger partial charge on any atom is -0.380 e. The Morgan fingerprint density at radius 2 is 1.66 bits per heavy atom. The van der Waals surface area contributed by atoms with Gasteiger partial charge in [-0.1, -0.05) is 23.4 Å². The molecule has 0 bridgehead atoms. The van der Waals surface area contributed by atoms with Gasteiger partial charge in [-0.15, -0.1) is 0 Å². The number of amides is 2. The molecule has 3 N–H and O–H groups in total. The first kappa shape index (κ1) is 22.1. The summed E-state index contributed by atoms with van der Waals surface area (Å²) in [5.74, 6) is 0.549. The van der Waals surface area contributed by atoms with E-state index < -0.39 is 11.8 Å². The minimum atomic E-state index is -1.16. The number of aliphatic hydroxyl groups excluding tert-OH is 1. The molecule has 3 aromatic rings. The molecule has 9 heteroatoms. The van der Waals surface area contributed by atoms with Crippen molar-refractivity contribution in [3.8, 4) is 11.1 Å². The Hall–Kier alpha value is -3.43. The lowest BCUT2D eigenvalue weighted by Crippen LogP contribution is -2.53. The fourth-order valence-corrected chi connectivity index (χ4v) is 4.62. The topological polar surface area (TPSA) is 119 Å². The first-order chi connectivity index (χ1) is 16.9. The van der Waals surface area contributed by atoms with Gasteiger partial charge in [0.25, 0.3) is 11.8 Å². The number of nitrogens with zero attached hydrogens (tertiary/aromatic N) is 3. The molecule has 1 unspecified atom stereocenters. The highest BCUT2D eigenvalue weighted by molar-refractivity contribution is 5.96. The van der Waals surface area contributed by atoms with Gasteiger partial charge in [0.15, 0.2) is 11.4 Å². The van der Waals surface area contributed by atoms with Crippen LogP contribution in [0.2, 0.25) is 0 Å². The van der Waals surface area contributed by atoms with E-state index >= 15 is 0 Å². The van der Waals surface area contributed by atoms with Crippen LogP contribution in [0.5, 0.6) is 0 Å². The molecule has 35 heavy (non-hydrogen) atoms. The Morgan fingerprint density at radius 3 is 2.31 bits per heavy atom. The molecule has 0 radical (unpaired) electrons. The number of nitrogens with one attached hydrogen (secondary N) is 1. The smallest absolute Gasteiger partial charge is 0.254 e. The molecule has 2 amide bonds. The molecule has 6 rings (SSSR count). The van der Waals surface area contributed by atoms with Crippen molar-refractivity contribution >= 4 is 28.6 Å². The number of anilines is 1. The molecule has 1 aromatic heterocycles. The van der Waals surface area contributed by atoms with Crippen LogP contribution in [0.3, 0.4) is 0 Å². The van der Waals surface area contributed by atoms with E-state index in [1.165, 1.54) is 0 Å². The predicted octanol–water partition coefficient (Wildman–Crippen LogP) is 2.44. The number of carbonyl (C=O) groups is 2. The number of benzene rings is 2. The summed E-state index contributed by atoms with van der Waals surface area (Å²) in [5.41, 5.74) is 1.94. The molecule has 182 valence electrons.